The van der Waals surface area contributed by atoms with Crippen LogP contribution in [0.15, 0.2) is 0 Å². The quantitative estimate of drug-likeness (QED) is 0.597. The third-order valence-electron chi connectivity index (χ3n) is 3.53. The van der Waals surface area contributed by atoms with E-state index < -0.39 is 0 Å². The van der Waals surface area contributed by atoms with Crippen molar-refractivity contribution in [2.75, 3.05) is 11.4 Å². The molecule has 92 valence electrons. The van der Waals surface area contributed by atoms with Gasteiger partial charge >= 0.3 is 0 Å². The lowest BCUT2D eigenvalue weighted by Crippen LogP contribution is -2.31. The molecular formula is C12H19N5. The Labute approximate surface area is 102 Å². The van der Waals surface area contributed by atoms with E-state index in [2.05, 4.69) is 22.0 Å². The number of hydrogen-bond acceptors (Lipinski definition) is 4. The highest BCUT2D eigenvalue weighted by Gasteiger charge is 2.26. The van der Waals surface area contributed by atoms with E-state index >= 15 is 0 Å². The topological polar surface area (TPSA) is 78.9 Å². The summed E-state index contributed by atoms with van der Waals surface area (Å²) >= 11 is 0. The molecule has 0 aliphatic carbocycles. The molecule has 3 N–H and O–H groups in total. The first kappa shape index (κ1) is 11.8. The van der Waals surface area contributed by atoms with Crippen LogP contribution in [-0.2, 0) is 0 Å². The van der Waals surface area contributed by atoms with Crippen molar-refractivity contribution < 1.29 is 0 Å². The molecule has 0 saturated carbocycles. The highest BCUT2D eigenvalue weighted by Crippen LogP contribution is 2.28. The van der Waals surface area contributed by atoms with E-state index in [1.54, 1.807) is 0 Å². The van der Waals surface area contributed by atoms with Gasteiger partial charge in [-0.15, -0.1) is 5.10 Å². The second-order valence-corrected chi connectivity index (χ2v) is 4.71. The predicted molar refractivity (Wildman–Crippen MR) is 68.6 cm³/mol. The van der Waals surface area contributed by atoms with Gasteiger partial charge in [0, 0.05) is 12.6 Å². The molecule has 1 saturated heterocycles. The van der Waals surface area contributed by atoms with E-state index in [1.807, 2.05) is 13.8 Å². The van der Waals surface area contributed by atoms with Gasteiger partial charge in [-0.05, 0) is 39.2 Å². The van der Waals surface area contributed by atoms with Crippen molar-refractivity contribution in [3.8, 4) is 0 Å². The number of aromatic nitrogens is 2. The Balaban J connectivity index is 2.53. The molecule has 17 heavy (non-hydrogen) atoms. The fourth-order valence-corrected chi connectivity index (χ4v) is 2.37. The van der Waals surface area contributed by atoms with Gasteiger partial charge in [0.15, 0.2) is 5.82 Å². The Bertz CT molecular complexity index is 454. The van der Waals surface area contributed by atoms with Crippen LogP contribution in [0.3, 0.4) is 0 Å². The SMILES string of the molecule is Cc1nnc(N2CCCC2C)c(C(=N)N)c1C. The summed E-state index contributed by atoms with van der Waals surface area (Å²) in [5, 5.41) is 16.1. The van der Waals surface area contributed by atoms with Gasteiger partial charge in [0.2, 0.25) is 0 Å². The molecule has 1 aromatic heterocycles. The fraction of sp³-hybridized carbons (Fsp3) is 0.583. The van der Waals surface area contributed by atoms with Crippen LogP contribution in [0, 0.1) is 19.3 Å². The van der Waals surface area contributed by atoms with Crippen LogP contribution in [0.25, 0.3) is 0 Å². The summed E-state index contributed by atoms with van der Waals surface area (Å²) in [6.45, 7) is 6.99. The zero-order valence-electron chi connectivity index (χ0n) is 10.6. The van der Waals surface area contributed by atoms with E-state index in [-0.39, 0.29) is 5.84 Å². The van der Waals surface area contributed by atoms with Gasteiger partial charge in [0.05, 0.1) is 11.3 Å². The number of amidine groups is 1. The maximum Gasteiger partial charge on any atom is 0.162 e. The number of anilines is 1. The van der Waals surface area contributed by atoms with Crippen LogP contribution >= 0.6 is 0 Å². The van der Waals surface area contributed by atoms with Crippen LogP contribution in [0.4, 0.5) is 5.82 Å². The monoisotopic (exact) mass is 233 g/mol. The number of hydrogen-bond donors (Lipinski definition) is 2. The molecule has 0 spiro atoms. The zero-order chi connectivity index (χ0) is 12.6. The molecule has 1 fully saturated rings. The van der Waals surface area contributed by atoms with Gasteiger partial charge in [-0.25, -0.2) is 0 Å². The van der Waals surface area contributed by atoms with Crippen molar-refractivity contribution in [3.05, 3.63) is 16.8 Å². The molecular weight excluding hydrogens is 214 g/mol. The second-order valence-electron chi connectivity index (χ2n) is 4.71. The highest BCUT2D eigenvalue weighted by molar-refractivity contribution is 6.01. The molecule has 5 heteroatoms. The first-order valence-electron chi connectivity index (χ1n) is 5.97. The lowest BCUT2D eigenvalue weighted by Gasteiger charge is -2.25. The largest absolute Gasteiger partial charge is 0.384 e. The molecule has 1 aliphatic heterocycles. The Morgan fingerprint density at radius 2 is 2.12 bits per heavy atom. The second kappa shape index (κ2) is 4.31. The van der Waals surface area contributed by atoms with E-state index in [1.165, 1.54) is 0 Å². The van der Waals surface area contributed by atoms with Crippen LogP contribution in [0.1, 0.15) is 36.6 Å². The summed E-state index contributed by atoms with van der Waals surface area (Å²) in [6, 6.07) is 0.449. The molecule has 1 atom stereocenters. The molecule has 0 amide bonds. The van der Waals surface area contributed by atoms with Gasteiger partial charge in [-0.3, -0.25) is 5.41 Å². The van der Waals surface area contributed by atoms with Gasteiger partial charge in [0.25, 0.3) is 0 Å². The van der Waals surface area contributed by atoms with Crippen molar-refractivity contribution in [3.63, 3.8) is 0 Å². The number of nitrogen functional groups attached to an aromatic ring is 1. The lowest BCUT2D eigenvalue weighted by atomic mass is 10.1. The minimum absolute atomic E-state index is 0.0783. The average Bonchev–Trinajstić information content (AvgIpc) is 2.67. The van der Waals surface area contributed by atoms with Gasteiger partial charge in [0.1, 0.15) is 5.84 Å². The van der Waals surface area contributed by atoms with Crippen LogP contribution in [-0.4, -0.2) is 28.6 Å². The molecule has 1 aromatic rings. The summed E-state index contributed by atoms with van der Waals surface area (Å²) in [5.74, 6) is 0.847. The number of rotatable bonds is 2. The molecule has 2 heterocycles. The normalized spacial score (nSPS) is 19.7. The average molecular weight is 233 g/mol. The molecule has 2 rings (SSSR count). The standard InChI is InChI=1S/C12H19N5/c1-7-5-4-6-17(7)12-10(11(13)14)8(2)9(3)15-16-12/h7H,4-6H2,1-3H3,(H3,13,14). The Morgan fingerprint density at radius 3 is 2.65 bits per heavy atom. The summed E-state index contributed by atoms with van der Waals surface area (Å²) in [5.41, 5.74) is 8.23. The predicted octanol–water partition coefficient (Wildman–Crippen LogP) is 1.37. The van der Waals surface area contributed by atoms with Crippen LogP contribution < -0.4 is 10.6 Å². The number of nitrogens with zero attached hydrogens (tertiary/aromatic N) is 3. The number of nitrogens with two attached hydrogens (primary N) is 1. The first-order chi connectivity index (χ1) is 8.02. The highest BCUT2D eigenvalue weighted by atomic mass is 15.3. The molecule has 0 radical (unpaired) electrons. The van der Waals surface area contributed by atoms with E-state index in [0.717, 1.165) is 42.0 Å². The molecule has 1 unspecified atom stereocenters. The van der Waals surface area contributed by atoms with Crippen molar-refractivity contribution in [1.82, 2.24) is 10.2 Å². The van der Waals surface area contributed by atoms with Crippen LogP contribution in [0.2, 0.25) is 0 Å². The van der Waals surface area contributed by atoms with Gasteiger partial charge in [-0.1, -0.05) is 0 Å². The van der Waals surface area contributed by atoms with E-state index in [4.69, 9.17) is 11.1 Å². The third-order valence-corrected chi connectivity index (χ3v) is 3.53. The minimum atomic E-state index is 0.0783. The molecule has 1 aliphatic rings. The minimum Gasteiger partial charge on any atom is -0.384 e. The van der Waals surface area contributed by atoms with Crippen molar-refractivity contribution in [2.45, 2.75) is 39.7 Å². The maximum atomic E-state index is 7.73. The lowest BCUT2D eigenvalue weighted by molar-refractivity contribution is 0.717. The Kier molecular flexibility index (Phi) is 3.00. The summed E-state index contributed by atoms with van der Waals surface area (Å²) in [7, 11) is 0. The number of nitrogens with one attached hydrogen (secondary N) is 1. The van der Waals surface area contributed by atoms with E-state index in [0.29, 0.717) is 6.04 Å². The van der Waals surface area contributed by atoms with Gasteiger partial charge in [-0.2, -0.15) is 5.10 Å². The molecule has 0 aromatic carbocycles. The summed E-state index contributed by atoms with van der Waals surface area (Å²) in [4.78, 5) is 2.20. The van der Waals surface area contributed by atoms with Crippen LogP contribution in [0.5, 0.6) is 0 Å². The fourth-order valence-electron chi connectivity index (χ4n) is 2.37. The smallest absolute Gasteiger partial charge is 0.162 e. The van der Waals surface area contributed by atoms with Crippen molar-refractivity contribution in [2.24, 2.45) is 5.73 Å². The zero-order valence-corrected chi connectivity index (χ0v) is 10.6. The first-order valence-corrected chi connectivity index (χ1v) is 5.97. The molecule has 0 bridgehead atoms. The van der Waals surface area contributed by atoms with E-state index in [9.17, 15) is 0 Å². The summed E-state index contributed by atoms with van der Waals surface area (Å²) < 4.78 is 0. The number of aryl methyl sites for hydroxylation is 1. The third kappa shape index (κ3) is 1.97. The molecule has 5 nitrogen and oxygen atoms in total. The van der Waals surface area contributed by atoms with Crippen molar-refractivity contribution >= 4 is 11.7 Å². The summed E-state index contributed by atoms with van der Waals surface area (Å²) in [6.07, 6.45) is 2.32. The Hall–Kier alpha value is -1.65. The Morgan fingerprint density at radius 1 is 1.41 bits per heavy atom. The van der Waals surface area contributed by atoms with Crippen molar-refractivity contribution in [1.29, 1.82) is 5.41 Å². The van der Waals surface area contributed by atoms with Gasteiger partial charge < -0.3 is 10.6 Å². The maximum absolute atomic E-state index is 7.73.